The summed E-state index contributed by atoms with van der Waals surface area (Å²) in [6.45, 7) is 1.87. The number of rotatable bonds is 7. The molecule has 29 heavy (non-hydrogen) atoms. The fraction of sp³-hybridized carbons (Fsp3) is 0.227. The summed E-state index contributed by atoms with van der Waals surface area (Å²) in [5.41, 5.74) is 1.23. The van der Waals surface area contributed by atoms with E-state index < -0.39 is 16.1 Å². The summed E-state index contributed by atoms with van der Waals surface area (Å²) in [5, 5.41) is 5.05. The number of nitrogens with zero attached hydrogens (tertiary/aromatic N) is 1. The number of nitrogens with one attached hydrogen (secondary N) is 1. The number of amides is 1. The molecule has 0 aliphatic heterocycles. The predicted molar refractivity (Wildman–Crippen MR) is 117 cm³/mol. The third kappa shape index (κ3) is 5.06. The smallest absolute Gasteiger partial charge is 0.265 e. The molecule has 1 amide bonds. The Hall–Kier alpha value is -3.06. The first kappa shape index (κ1) is 20.7. The van der Waals surface area contributed by atoms with E-state index in [2.05, 4.69) is 5.32 Å². The topological polar surface area (TPSA) is 75.7 Å². The van der Waals surface area contributed by atoms with Crippen LogP contribution in [0.1, 0.15) is 13.3 Å². The largest absolute Gasteiger partial charge is 0.481 e. The van der Waals surface area contributed by atoms with Crippen LogP contribution in [0.25, 0.3) is 10.8 Å². The quantitative estimate of drug-likeness (QED) is 0.636. The van der Waals surface area contributed by atoms with Crippen molar-refractivity contribution in [1.29, 1.82) is 0 Å². The van der Waals surface area contributed by atoms with Crippen molar-refractivity contribution >= 4 is 38.1 Å². The van der Waals surface area contributed by atoms with E-state index in [9.17, 15) is 13.2 Å². The average Bonchev–Trinajstić information content (AvgIpc) is 2.71. The molecule has 0 aromatic heterocycles. The highest BCUT2D eigenvalue weighted by atomic mass is 32.2. The molecule has 1 unspecified atom stereocenters. The van der Waals surface area contributed by atoms with Crippen molar-refractivity contribution in [3.8, 4) is 5.75 Å². The molecule has 0 radical (unpaired) electrons. The van der Waals surface area contributed by atoms with Crippen LogP contribution in [0.2, 0.25) is 0 Å². The Morgan fingerprint density at radius 3 is 2.31 bits per heavy atom. The van der Waals surface area contributed by atoms with Gasteiger partial charge in [-0.2, -0.15) is 0 Å². The minimum absolute atomic E-state index is 0.236. The number of hydrogen-bond donors (Lipinski definition) is 1. The lowest BCUT2D eigenvalue weighted by molar-refractivity contribution is -0.122. The van der Waals surface area contributed by atoms with Crippen molar-refractivity contribution in [2.45, 2.75) is 19.4 Å². The fourth-order valence-electron chi connectivity index (χ4n) is 2.90. The van der Waals surface area contributed by atoms with Gasteiger partial charge in [0.15, 0.2) is 6.10 Å². The van der Waals surface area contributed by atoms with Gasteiger partial charge in [0, 0.05) is 12.7 Å². The molecule has 3 rings (SSSR count). The summed E-state index contributed by atoms with van der Waals surface area (Å²) in [7, 11) is -1.85. The van der Waals surface area contributed by atoms with E-state index in [1.165, 1.54) is 11.4 Å². The summed E-state index contributed by atoms with van der Waals surface area (Å²) >= 11 is 0. The lowest BCUT2D eigenvalue weighted by Gasteiger charge is -2.19. The van der Waals surface area contributed by atoms with E-state index >= 15 is 0 Å². The Morgan fingerprint density at radius 2 is 1.69 bits per heavy atom. The molecular formula is C22H24N2O4S. The molecule has 0 aliphatic rings. The molecule has 0 fully saturated rings. The molecule has 3 aromatic rings. The number of anilines is 2. The Morgan fingerprint density at radius 1 is 1.03 bits per heavy atom. The molecular weight excluding hydrogens is 388 g/mol. The summed E-state index contributed by atoms with van der Waals surface area (Å²) in [6.07, 6.45) is 0.964. The molecule has 0 aliphatic carbocycles. The third-order valence-electron chi connectivity index (χ3n) is 4.66. The normalized spacial score (nSPS) is 12.4. The maximum Gasteiger partial charge on any atom is 0.265 e. The van der Waals surface area contributed by atoms with E-state index in [0.29, 0.717) is 23.5 Å². The summed E-state index contributed by atoms with van der Waals surface area (Å²) in [5.74, 6) is 0.260. The zero-order chi connectivity index (χ0) is 21.0. The first-order valence-electron chi connectivity index (χ1n) is 9.28. The van der Waals surface area contributed by atoms with Crippen LogP contribution in [0.5, 0.6) is 5.75 Å². The first-order chi connectivity index (χ1) is 13.8. The van der Waals surface area contributed by atoms with Crippen molar-refractivity contribution < 1.29 is 17.9 Å². The van der Waals surface area contributed by atoms with Crippen LogP contribution in [0.3, 0.4) is 0 Å². The third-order valence-corrected chi connectivity index (χ3v) is 5.86. The molecule has 0 spiro atoms. The number of ether oxygens (including phenoxy) is 1. The monoisotopic (exact) mass is 412 g/mol. The van der Waals surface area contributed by atoms with Crippen molar-refractivity contribution in [1.82, 2.24) is 0 Å². The molecule has 3 aromatic carbocycles. The maximum atomic E-state index is 12.7. The fourth-order valence-corrected chi connectivity index (χ4v) is 3.41. The van der Waals surface area contributed by atoms with Gasteiger partial charge in [-0.1, -0.05) is 37.3 Å². The highest BCUT2D eigenvalue weighted by molar-refractivity contribution is 7.92. The van der Waals surface area contributed by atoms with Gasteiger partial charge < -0.3 is 10.1 Å². The molecule has 0 heterocycles. The van der Waals surface area contributed by atoms with Crippen molar-refractivity contribution in [2.75, 3.05) is 22.9 Å². The zero-order valence-electron chi connectivity index (χ0n) is 16.6. The Balaban J connectivity index is 1.69. The highest BCUT2D eigenvalue weighted by Crippen LogP contribution is 2.23. The van der Waals surface area contributed by atoms with E-state index in [4.69, 9.17) is 4.74 Å². The van der Waals surface area contributed by atoms with Gasteiger partial charge in [0.2, 0.25) is 10.0 Å². The zero-order valence-corrected chi connectivity index (χ0v) is 17.4. The molecule has 0 bridgehead atoms. The minimum Gasteiger partial charge on any atom is -0.481 e. The standard InChI is InChI=1S/C22H24N2O4S/c1-4-21(28-20-13-11-19(12-14-20)24(2)29(3,26)27)22(25)23-18-10-9-16-7-5-6-8-17(16)15-18/h5-15,21H,4H2,1-3H3,(H,23,25). The average molecular weight is 413 g/mol. The molecule has 6 nitrogen and oxygen atoms in total. The van der Waals surface area contributed by atoms with E-state index in [0.717, 1.165) is 17.0 Å². The predicted octanol–water partition coefficient (Wildman–Crippen LogP) is 4.03. The van der Waals surface area contributed by atoms with Gasteiger partial charge in [-0.3, -0.25) is 9.10 Å². The van der Waals surface area contributed by atoms with Gasteiger partial charge in [-0.05, 0) is 53.6 Å². The number of carbonyl (C=O) groups excluding carboxylic acids is 1. The van der Waals surface area contributed by atoms with Gasteiger partial charge in [0.1, 0.15) is 5.75 Å². The number of fused-ring (bicyclic) bond motifs is 1. The Labute approximate surface area is 171 Å². The van der Waals surface area contributed by atoms with Crippen LogP contribution < -0.4 is 14.4 Å². The van der Waals surface area contributed by atoms with Gasteiger partial charge >= 0.3 is 0 Å². The van der Waals surface area contributed by atoms with Gasteiger partial charge in [-0.25, -0.2) is 8.42 Å². The van der Waals surface area contributed by atoms with Crippen molar-refractivity contribution in [3.05, 3.63) is 66.7 Å². The lowest BCUT2D eigenvalue weighted by atomic mass is 10.1. The van der Waals surface area contributed by atoms with E-state index in [-0.39, 0.29) is 5.91 Å². The molecule has 1 atom stereocenters. The molecule has 1 N–H and O–H groups in total. The summed E-state index contributed by atoms with van der Waals surface area (Å²) in [4.78, 5) is 12.7. The Bertz CT molecular complexity index is 1110. The first-order valence-corrected chi connectivity index (χ1v) is 11.1. The number of benzene rings is 3. The van der Waals surface area contributed by atoms with E-state index in [1.54, 1.807) is 24.3 Å². The maximum absolute atomic E-state index is 12.7. The van der Waals surface area contributed by atoms with E-state index in [1.807, 2.05) is 49.4 Å². The second kappa shape index (κ2) is 8.53. The molecule has 0 saturated carbocycles. The van der Waals surface area contributed by atoms with Crippen LogP contribution in [-0.2, 0) is 14.8 Å². The SMILES string of the molecule is CCC(Oc1ccc(N(C)S(C)(=O)=O)cc1)C(=O)Nc1ccc2ccccc2c1. The van der Waals surface area contributed by atoms with Crippen LogP contribution in [0.4, 0.5) is 11.4 Å². The lowest BCUT2D eigenvalue weighted by Crippen LogP contribution is -2.32. The van der Waals surface area contributed by atoms with Gasteiger partial charge in [0.25, 0.3) is 5.91 Å². The number of hydrogen-bond acceptors (Lipinski definition) is 4. The number of sulfonamides is 1. The van der Waals surface area contributed by atoms with Crippen LogP contribution in [-0.4, -0.2) is 33.7 Å². The van der Waals surface area contributed by atoms with Crippen LogP contribution in [0, 0.1) is 0 Å². The highest BCUT2D eigenvalue weighted by Gasteiger charge is 2.19. The van der Waals surface area contributed by atoms with Crippen molar-refractivity contribution in [2.24, 2.45) is 0 Å². The second-order valence-corrected chi connectivity index (χ2v) is 8.80. The number of carbonyl (C=O) groups is 1. The van der Waals surface area contributed by atoms with Crippen LogP contribution >= 0.6 is 0 Å². The Kier molecular flexibility index (Phi) is 6.08. The van der Waals surface area contributed by atoms with Gasteiger partial charge in [0.05, 0.1) is 11.9 Å². The minimum atomic E-state index is -3.33. The summed E-state index contributed by atoms with van der Waals surface area (Å²) < 4.78 is 30.3. The molecule has 152 valence electrons. The van der Waals surface area contributed by atoms with Crippen LogP contribution in [0.15, 0.2) is 66.7 Å². The van der Waals surface area contributed by atoms with Gasteiger partial charge in [-0.15, -0.1) is 0 Å². The molecule has 7 heteroatoms. The summed E-state index contributed by atoms with van der Waals surface area (Å²) in [6, 6.07) is 20.3. The second-order valence-electron chi connectivity index (χ2n) is 6.79. The van der Waals surface area contributed by atoms with Crippen molar-refractivity contribution in [3.63, 3.8) is 0 Å². The molecule has 0 saturated heterocycles.